The van der Waals surface area contributed by atoms with E-state index in [0.29, 0.717) is 11.7 Å². The third-order valence-electron chi connectivity index (χ3n) is 1.78. The summed E-state index contributed by atoms with van der Waals surface area (Å²) in [6, 6.07) is 5.68. The molecule has 2 heterocycles. The monoisotopic (exact) mass is 220 g/mol. The lowest BCUT2D eigenvalue weighted by molar-refractivity contribution is -0.684. The van der Waals surface area contributed by atoms with E-state index in [1.54, 1.807) is 6.20 Å². The minimum atomic E-state index is -0.0684. The summed E-state index contributed by atoms with van der Waals surface area (Å²) < 4.78 is 1.81. The number of thiazole rings is 1. The molecule has 5 heteroatoms. The number of aromatic nitrogens is 2. The Labute approximate surface area is 91.2 Å². The van der Waals surface area contributed by atoms with E-state index in [1.165, 1.54) is 11.3 Å². The number of hydrogen-bond acceptors (Lipinski definition) is 3. The fourth-order valence-corrected chi connectivity index (χ4v) is 1.69. The zero-order valence-corrected chi connectivity index (χ0v) is 8.78. The Kier molecular flexibility index (Phi) is 3.04. The molecule has 0 aliphatic rings. The van der Waals surface area contributed by atoms with Crippen LogP contribution in [0.25, 0.3) is 0 Å². The van der Waals surface area contributed by atoms with Crippen LogP contribution in [-0.2, 0) is 11.3 Å². The number of nitrogens with one attached hydrogen (secondary N) is 1. The Morgan fingerprint density at radius 2 is 2.20 bits per heavy atom. The second-order valence-corrected chi connectivity index (χ2v) is 3.83. The van der Waals surface area contributed by atoms with Gasteiger partial charge in [0.25, 0.3) is 5.91 Å². The van der Waals surface area contributed by atoms with Crippen molar-refractivity contribution in [1.29, 1.82) is 0 Å². The minimum absolute atomic E-state index is 0.0684. The van der Waals surface area contributed by atoms with E-state index in [9.17, 15) is 4.79 Å². The van der Waals surface area contributed by atoms with Crippen LogP contribution in [0.1, 0.15) is 0 Å². The molecule has 0 aromatic carbocycles. The van der Waals surface area contributed by atoms with Crippen molar-refractivity contribution in [3.8, 4) is 0 Å². The smallest absolute Gasteiger partial charge is 0.292 e. The van der Waals surface area contributed by atoms with Gasteiger partial charge in [0.05, 0.1) is 0 Å². The van der Waals surface area contributed by atoms with Crippen LogP contribution >= 0.6 is 11.3 Å². The molecule has 15 heavy (non-hydrogen) atoms. The molecule has 2 aromatic heterocycles. The zero-order valence-electron chi connectivity index (χ0n) is 7.96. The van der Waals surface area contributed by atoms with Gasteiger partial charge in [-0.05, 0) is 0 Å². The number of pyridine rings is 1. The molecule has 0 saturated carbocycles. The van der Waals surface area contributed by atoms with Crippen LogP contribution in [0, 0.1) is 0 Å². The highest BCUT2D eigenvalue weighted by Crippen LogP contribution is 2.09. The Balaban J connectivity index is 1.94. The van der Waals surface area contributed by atoms with Crippen molar-refractivity contribution in [2.75, 3.05) is 5.32 Å². The summed E-state index contributed by atoms with van der Waals surface area (Å²) in [7, 11) is 0. The first-order chi connectivity index (χ1) is 7.34. The van der Waals surface area contributed by atoms with Crippen LogP contribution in [-0.4, -0.2) is 10.9 Å². The maximum atomic E-state index is 11.5. The lowest BCUT2D eigenvalue weighted by Gasteiger charge is -1.97. The van der Waals surface area contributed by atoms with Crippen molar-refractivity contribution in [1.82, 2.24) is 4.98 Å². The van der Waals surface area contributed by atoms with Gasteiger partial charge < -0.3 is 0 Å². The second kappa shape index (κ2) is 4.65. The minimum Gasteiger partial charge on any atom is -0.296 e. The molecule has 0 unspecified atom stereocenters. The molecule has 0 radical (unpaired) electrons. The van der Waals surface area contributed by atoms with E-state index in [0.717, 1.165) is 0 Å². The third kappa shape index (κ3) is 2.85. The summed E-state index contributed by atoms with van der Waals surface area (Å²) in [6.45, 7) is 0.306. The summed E-state index contributed by atoms with van der Waals surface area (Å²) in [6.07, 6.45) is 5.36. The lowest BCUT2D eigenvalue weighted by atomic mass is 10.4. The predicted octanol–water partition coefficient (Wildman–Crippen LogP) is 1.07. The molecule has 2 rings (SSSR count). The number of hydrogen-bond donors (Lipinski definition) is 1. The summed E-state index contributed by atoms with van der Waals surface area (Å²) >= 11 is 1.41. The molecule has 0 atom stereocenters. The van der Waals surface area contributed by atoms with Crippen LogP contribution in [0.15, 0.2) is 42.2 Å². The normalized spacial score (nSPS) is 9.87. The first-order valence-corrected chi connectivity index (χ1v) is 5.36. The quantitative estimate of drug-likeness (QED) is 0.786. The Morgan fingerprint density at radius 3 is 2.87 bits per heavy atom. The molecule has 1 amide bonds. The van der Waals surface area contributed by atoms with E-state index in [-0.39, 0.29) is 5.91 Å². The van der Waals surface area contributed by atoms with E-state index in [2.05, 4.69) is 10.3 Å². The topological polar surface area (TPSA) is 45.9 Å². The standard InChI is InChI=1S/C10H9N3OS/c14-9(12-10-11-4-7-15-10)8-13-5-2-1-3-6-13/h1-7H,8H2/p+1. The van der Waals surface area contributed by atoms with Crippen molar-refractivity contribution >= 4 is 22.4 Å². The largest absolute Gasteiger partial charge is 0.296 e. The van der Waals surface area contributed by atoms with Gasteiger partial charge in [-0.1, -0.05) is 6.07 Å². The number of amides is 1. The van der Waals surface area contributed by atoms with Gasteiger partial charge in [0.2, 0.25) is 6.54 Å². The van der Waals surface area contributed by atoms with Gasteiger partial charge in [-0.15, -0.1) is 11.3 Å². The lowest BCUT2D eigenvalue weighted by Crippen LogP contribution is -2.39. The summed E-state index contributed by atoms with van der Waals surface area (Å²) in [5.41, 5.74) is 0. The third-order valence-corrected chi connectivity index (χ3v) is 2.47. The van der Waals surface area contributed by atoms with E-state index in [4.69, 9.17) is 0 Å². The van der Waals surface area contributed by atoms with Crippen LogP contribution in [0.5, 0.6) is 0 Å². The molecular formula is C10H10N3OS+. The molecule has 2 aromatic rings. The van der Waals surface area contributed by atoms with Crippen LogP contribution in [0.3, 0.4) is 0 Å². The van der Waals surface area contributed by atoms with Gasteiger partial charge in [-0.2, -0.15) is 4.57 Å². The van der Waals surface area contributed by atoms with Crippen molar-refractivity contribution in [2.45, 2.75) is 6.54 Å². The molecule has 0 bridgehead atoms. The van der Waals surface area contributed by atoms with E-state index >= 15 is 0 Å². The SMILES string of the molecule is O=C(C[n+]1ccccc1)Nc1nccs1. The maximum Gasteiger partial charge on any atom is 0.292 e. The highest BCUT2D eigenvalue weighted by molar-refractivity contribution is 7.13. The predicted molar refractivity (Wildman–Crippen MR) is 57.4 cm³/mol. The Hall–Kier alpha value is -1.75. The first kappa shape index (κ1) is 9.79. The van der Waals surface area contributed by atoms with Crippen molar-refractivity contribution < 1.29 is 9.36 Å². The number of carbonyl (C=O) groups excluding carboxylic acids is 1. The zero-order chi connectivity index (χ0) is 10.5. The first-order valence-electron chi connectivity index (χ1n) is 4.48. The van der Waals surface area contributed by atoms with Gasteiger partial charge in [0.1, 0.15) is 0 Å². The van der Waals surface area contributed by atoms with Crippen molar-refractivity contribution in [3.05, 3.63) is 42.2 Å². The van der Waals surface area contributed by atoms with Gasteiger partial charge >= 0.3 is 0 Å². The van der Waals surface area contributed by atoms with Crippen molar-refractivity contribution in [3.63, 3.8) is 0 Å². The Morgan fingerprint density at radius 1 is 1.40 bits per heavy atom. The van der Waals surface area contributed by atoms with Crippen molar-refractivity contribution in [2.24, 2.45) is 0 Å². The second-order valence-electron chi connectivity index (χ2n) is 2.93. The molecule has 0 aliphatic carbocycles. The molecule has 76 valence electrons. The molecular weight excluding hydrogens is 210 g/mol. The summed E-state index contributed by atoms with van der Waals surface area (Å²) in [5, 5.41) is 5.18. The molecule has 0 fully saturated rings. The maximum absolute atomic E-state index is 11.5. The van der Waals surface area contributed by atoms with Crippen LogP contribution in [0.2, 0.25) is 0 Å². The van der Waals surface area contributed by atoms with Gasteiger partial charge in [0.15, 0.2) is 17.5 Å². The fourth-order valence-electron chi connectivity index (χ4n) is 1.15. The number of carbonyl (C=O) groups is 1. The highest BCUT2D eigenvalue weighted by Gasteiger charge is 2.09. The molecule has 4 nitrogen and oxygen atoms in total. The molecule has 1 N–H and O–H groups in total. The summed E-state index contributed by atoms with van der Waals surface area (Å²) in [5.74, 6) is -0.0684. The Bertz CT molecular complexity index is 427. The van der Waals surface area contributed by atoms with Gasteiger partial charge in [0, 0.05) is 23.7 Å². The van der Waals surface area contributed by atoms with E-state index < -0.39 is 0 Å². The average Bonchev–Trinajstić information content (AvgIpc) is 2.71. The van der Waals surface area contributed by atoms with Gasteiger partial charge in [-0.25, -0.2) is 4.98 Å². The average molecular weight is 220 g/mol. The summed E-state index contributed by atoms with van der Waals surface area (Å²) in [4.78, 5) is 15.5. The molecule has 0 saturated heterocycles. The van der Waals surface area contributed by atoms with E-state index in [1.807, 2.05) is 40.5 Å². The number of nitrogens with zero attached hydrogens (tertiary/aromatic N) is 2. The number of rotatable bonds is 3. The van der Waals surface area contributed by atoms with Crippen LogP contribution in [0.4, 0.5) is 5.13 Å². The van der Waals surface area contributed by atoms with Gasteiger partial charge in [-0.3, -0.25) is 10.1 Å². The molecule has 0 aliphatic heterocycles. The molecule has 0 spiro atoms. The highest BCUT2D eigenvalue weighted by atomic mass is 32.1. The fraction of sp³-hybridized carbons (Fsp3) is 0.100. The number of anilines is 1. The van der Waals surface area contributed by atoms with Crippen LogP contribution < -0.4 is 9.88 Å².